The van der Waals surface area contributed by atoms with Crippen LogP contribution < -0.4 is 9.64 Å². The Kier molecular flexibility index (Phi) is 2.83. The van der Waals surface area contributed by atoms with E-state index in [1.54, 1.807) is 7.11 Å². The average molecular weight is 246 g/mol. The molecule has 5 nitrogen and oxygen atoms in total. The first-order chi connectivity index (χ1) is 8.78. The first-order valence-corrected chi connectivity index (χ1v) is 6.23. The minimum Gasteiger partial charge on any atom is -0.497 e. The number of methoxy groups -OCH3 is 1. The van der Waals surface area contributed by atoms with E-state index >= 15 is 0 Å². The van der Waals surface area contributed by atoms with Crippen LogP contribution in [0.3, 0.4) is 0 Å². The second-order valence-electron chi connectivity index (χ2n) is 4.75. The fourth-order valence-corrected chi connectivity index (χ4v) is 2.37. The molecule has 2 aromatic rings. The lowest BCUT2D eigenvalue weighted by atomic mass is 10.2. The summed E-state index contributed by atoms with van der Waals surface area (Å²) in [5.41, 5.74) is 1.06. The van der Waals surface area contributed by atoms with Crippen molar-refractivity contribution in [1.29, 1.82) is 0 Å². The van der Waals surface area contributed by atoms with E-state index in [9.17, 15) is 0 Å². The number of nitrogens with one attached hydrogen (secondary N) is 1. The molecule has 0 amide bonds. The second-order valence-corrected chi connectivity index (χ2v) is 4.75. The molecule has 0 aliphatic carbocycles. The monoisotopic (exact) mass is 246 g/mol. The van der Waals surface area contributed by atoms with E-state index in [0.717, 1.165) is 48.6 Å². The number of piperazine rings is 1. The Bertz CT molecular complexity index is 543. The molecule has 1 saturated heterocycles. The van der Waals surface area contributed by atoms with E-state index in [4.69, 9.17) is 4.74 Å². The van der Waals surface area contributed by atoms with Gasteiger partial charge in [0.05, 0.1) is 12.6 Å². The molecule has 0 spiro atoms. The number of anilines is 1. The molecule has 0 saturated carbocycles. The minimum atomic E-state index is 0.874. The third kappa shape index (κ3) is 1.90. The van der Waals surface area contributed by atoms with Gasteiger partial charge in [-0.3, -0.25) is 5.10 Å². The Morgan fingerprint density at radius 1 is 1.22 bits per heavy atom. The molecule has 3 rings (SSSR count). The number of hydrogen-bond donors (Lipinski definition) is 1. The molecule has 1 N–H and O–H groups in total. The maximum Gasteiger partial charge on any atom is 0.158 e. The zero-order chi connectivity index (χ0) is 12.5. The Labute approximate surface area is 106 Å². The normalized spacial score (nSPS) is 17.3. The van der Waals surface area contributed by atoms with E-state index in [1.165, 1.54) is 0 Å². The average Bonchev–Trinajstić information content (AvgIpc) is 2.82. The summed E-state index contributed by atoms with van der Waals surface area (Å²) < 4.78 is 5.28. The molecule has 5 heteroatoms. The van der Waals surface area contributed by atoms with Crippen LogP contribution in [0.15, 0.2) is 18.2 Å². The van der Waals surface area contributed by atoms with E-state index in [2.05, 4.69) is 27.0 Å². The SMILES string of the molecule is COc1ccc2[nH]nc(N3CCN(C)CC3)c2c1. The van der Waals surface area contributed by atoms with Gasteiger partial charge in [0.15, 0.2) is 5.82 Å². The van der Waals surface area contributed by atoms with Crippen LogP contribution in [0.2, 0.25) is 0 Å². The lowest BCUT2D eigenvalue weighted by molar-refractivity contribution is 0.312. The van der Waals surface area contributed by atoms with Crippen molar-refractivity contribution in [1.82, 2.24) is 15.1 Å². The molecule has 1 fully saturated rings. The molecule has 18 heavy (non-hydrogen) atoms. The number of H-pyrrole nitrogens is 1. The number of likely N-dealkylation sites (N-methyl/N-ethyl adjacent to an activating group) is 1. The molecule has 1 aliphatic rings. The summed E-state index contributed by atoms with van der Waals surface area (Å²) in [5.74, 6) is 1.91. The highest BCUT2D eigenvalue weighted by molar-refractivity contribution is 5.91. The number of ether oxygens (including phenoxy) is 1. The Morgan fingerprint density at radius 3 is 2.72 bits per heavy atom. The highest BCUT2D eigenvalue weighted by atomic mass is 16.5. The molecule has 0 atom stereocenters. The quantitative estimate of drug-likeness (QED) is 0.868. The Morgan fingerprint density at radius 2 is 2.00 bits per heavy atom. The molecule has 96 valence electrons. The Hall–Kier alpha value is -1.75. The van der Waals surface area contributed by atoms with Gasteiger partial charge < -0.3 is 14.5 Å². The molecule has 0 radical (unpaired) electrons. The fraction of sp³-hybridized carbons (Fsp3) is 0.462. The smallest absolute Gasteiger partial charge is 0.158 e. The molecule has 1 aromatic carbocycles. The predicted molar refractivity (Wildman–Crippen MR) is 72.4 cm³/mol. The summed E-state index contributed by atoms with van der Waals surface area (Å²) in [7, 11) is 3.85. The number of benzene rings is 1. The van der Waals surface area contributed by atoms with Gasteiger partial charge in [-0.25, -0.2) is 0 Å². The van der Waals surface area contributed by atoms with Crippen molar-refractivity contribution in [3.63, 3.8) is 0 Å². The van der Waals surface area contributed by atoms with E-state index in [1.807, 2.05) is 18.2 Å². The molecule has 0 unspecified atom stereocenters. The Balaban J connectivity index is 1.96. The van der Waals surface area contributed by atoms with Crippen LogP contribution in [0, 0.1) is 0 Å². The molecule has 0 bridgehead atoms. The predicted octanol–water partition coefficient (Wildman–Crippen LogP) is 1.32. The summed E-state index contributed by atoms with van der Waals surface area (Å²) in [5, 5.41) is 8.67. The number of nitrogens with zero attached hydrogens (tertiary/aromatic N) is 3. The van der Waals surface area contributed by atoms with Crippen LogP contribution in [0.25, 0.3) is 10.9 Å². The topological polar surface area (TPSA) is 44.4 Å². The van der Waals surface area contributed by atoms with Crippen LogP contribution in [0.5, 0.6) is 5.75 Å². The fourth-order valence-electron chi connectivity index (χ4n) is 2.37. The molecule has 2 heterocycles. The molecular weight excluding hydrogens is 228 g/mol. The highest BCUT2D eigenvalue weighted by Gasteiger charge is 2.18. The minimum absolute atomic E-state index is 0.874. The molecule has 1 aromatic heterocycles. The zero-order valence-electron chi connectivity index (χ0n) is 10.8. The van der Waals surface area contributed by atoms with Gasteiger partial charge in [-0.2, -0.15) is 5.10 Å². The summed E-state index contributed by atoms with van der Waals surface area (Å²) in [6.07, 6.45) is 0. The lowest BCUT2D eigenvalue weighted by Gasteiger charge is -2.32. The van der Waals surface area contributed by atoms with Gasteiger partial charge in [0.25, 0.3) is 0 Å². The molecular formula is C13H18N4O. The number of hydrogen-bond acceptors (Lipinski definition) is 4. The third-order valence-electron chi connectivity index (χ3n) is 3.55. The van der Waals surface area contributed by atoms with E-state index in [0.29, 0.717) is 0 Å². The van der Waals surface area contributed by atoms with Gasteiger partial charge >= 0.3 is 0 Å². The van der Waals surface area contributed by atoms with Crippen molar-refractivity contribution in [2.24, 2.45) is 0 Å². The summed E-state index contributed by atoms with van der Waals surface area (Å²) in [6, 6.07) is 6.02. The van der Waals surface area contributed by atoms with Gasteiger partial charge in [0.2, 0.25) is 0 Å². The second kappa shape index (κ2) is 4.49. The first kappa shape index (κ1) is 11.3. The molecule has 1 aliphatic heterocycles. The number of aromatic nitrogens is 2. The third-order valence-corrected chi connectivity index (χ3v) is 3.55. The van der Waals surface area contributed by atoms with Crippen molar-refractivity contribution < 1.29 is 4.74 Å². The van der Waals surface area contributed by atoms with Crippen LogP contribution in [0.1, 0.15) is 0 Å². The van der Waals surface area contributed by atoms with E-state index < -0.39 is 0 Å². The maximum absolute atomic E-state index is 5.28. The highest BCUT2D eigenvalue weighted by Crippen LogP contribution is 2.28. The van der Waals surface area contributed by atoms with Gasteiger partial charge in [0, 0.05) is 31.6 Å². The van der Waals surface area contributed by atoms with Gasteiger partial charge in [0.1, 0.15) is 5.75 Å². The van der Waals surface area contributed by atoms with Gasteiger partial charge in [-0.15, -0.1) is 0 Å². The number of aromatic amines is 1. The number of rotatable bonds is 2. The summed E-state index contributed by atoms with van der Waals surface area (Å²) in [6.45, 7) is 4.21. The zero-order valence-corrected chi connectivity index (χ0v) is 10.8. The standard InChI is InChI=1S/C13H18N4O/c1-16-5-7-17(8-6-16)13-11-9-10(18-2)3-4-12(11)14-15-13/h3-4,9H,5-8H2,1-2H3,(H,14,15). The maximum atomic E-state index is 5.28. The lowest BCUT2D eigenvalue weighted by Crippen LogP contribution is -2.44. The van der Waals surface area contributed by atoms with Crippen molar-refractivity contribution in [2.75, 3.05) is 45.2 Å². The number of fused-ring (bicyclic) bond motifs is 1. The van der Waals surface area contributed by atoms with E-state index in [-0.39, 0.29) is 0 Å². The van der Waals surface area contributed by atoms with Crippen molar-refractivity contribution in [2.45, 2.75) is 0 Å². The van der Waals surface area contributed by atoms with Crippen molar-refractivity contribution >= 4 is 16.7 Å². The van der Waals surface area contributed by atoms with Crippen LogP contribution in [-0.4, -0.2) is 55.4 Å². The largest absolute Gasteiger partial charge is 0.497 e. The van der Waals surface area contributed by atoms with Crippen LogP contribution in [-0.2, 0) is 0 Å². The van der Waals surface area contributed by atoms with Crippen LogP contribution >= 0.6 is 0 Å². The summed E-state index contributed by atoms with van der Waals surface area (Å²) >= 11 is 0. The van der Waals surface area contributed by atoms with Crippen molar-refractivity contribution in [3.8, 4) is 5.75 Å². The first-order valence-electron chi connectivity index (χ1n) is 6.23. The summed E-state index contributed by atoms with van der Waals surface area (Å²) in [4.78, 5) is 4.67. The van der Waals surface area contributed by atoms with Gasteiger partial charge in [-0.05, 0) is 25.2 Å². The van der Waals surface area contributed by atoms with Crippen LogP contribution in [0.4, 0.5) is 5.82 Å². The van der Waals surface area contributed by atoms with Gasteiger partial charge in [-0.1, -0.05) is 0 Å². The van der Waals surface area contributed by atoms with Crippen molar-refractivity contribution in [3.05, 3.63) is 18.2 Å².